The van der Waals surface area contributed by atoms with Gasteiger partial charge in [-0.3, -0.25) is 24.0 Å². The maximum atomic E-state index is 13.6. The number of carbonyl (C=O) groups excluding carboxylic acids is 5. The molecule has 6 rings (SSSR count). The van der Waals surface area contributed by atoms with Crippen LogP contribution in [0.2, 0.25) is 0 Å². The number of ether oxygens (including phenoxy) is 2. The van der Waals surface area contributed by atoms with Crippen molar-refractivity contribution < 1.29 is 33.4 Å². The van der Waals surface area contributed by atoms with Gasteiger partial charge in [0.1, 0.15) is 41.8 Å². The molecular weight excluding hydrogens is 626 g/mol. The van der Waals surface area contributed by atoms with Crippen LogP contribution < -0.4 is 36.1 Å². The Morgan fingerprint density at radius 2 is 1.63 bits per heavy atom. The lowest BCUT2D eigenvalue weighted by Gasteiger charge is -2.25. The van der Waals surface area contributed by atoms with Gasteiger partial charge in [0.05, 0.1) is 13.7 Å². The Bertz CT molecular complexity index is 1640. The van der Waals surface area contributed by atoms with Crippen molar-refractivity contribution in [2.24, 2.45) is 0 Å². The molecule has 2 heterocycles. The summed E-state index contributed by atoms with van der Waals surface area (Å²) in [7, 11) is 1.58. The third-order valence-corrected chi connectivity index (χ3v) is 8.66. The quantitative estimate of drug-likeness (QED) is 0.239. The Kier molecular flexibility index (Phi) is 11.5. The van der Waals surface area contributed by atoms with E-state index in [9.17, 15) is 24.0 Å². The third-order valence-electron chi connectivity index (χ3n) is 8.66. The molecule has 2 bridgehead atoms. The van der Waals surface area contributed by atoms with E-state index >= 15 is 0 Å². The van der Waals surface area contributed by atoms with Crippen molar-refractivity contribution in [1.82, 2.24) is 26.6 Å². The van der Waals surface area contributed by atoms with E-state index in [1.807, 2.05) is 54.6 Å². The van der Waals surface area contributed by atoms with Gasteiger partial charge in [0.25, 0.3) is 0 Å². The first-order valence-corrected chi connectivity index (χ1v) is 16.5. The zero-order chi connectivity index (χ0) is 34.8. The molecule has 1 fully saturated rings. The standard InChI is InChI=1S/C37H43N5O7/c1-24-33(44)41-31(22-25-7-4-3-5-8-25)35(46)42-37(17-18-37)36(47)38-19-20-49-28-14-11-27(12-15-28)23-30(34(45)39-24)40-32(43)16-13-26-9-6-10-29(21-26)48-2/h3-12,14-15,21,24,30-31H,13,16-20,22-23H2,1-2H3,(H,38,47)(H,39,45)(H,40,43)(H,41,44)(H,42,46)/t24-,30-,31+/m0/s1. The largest absolute Gasteiger partial charge is 0.497 e. The number of hydrogen-bond acceptors (Lipinski definition) is 7. The summed E-state index contributed by atoms with van der Waals surface area (Å²) >= 11 is 0. The van der Waals surface area contributed by atoms with Gasteiger partial charge in [0.2, 0.25) is 29.5 Å². The fraction of sp³-hybridized carbons (Fsp3) is 0.378. The van der Waals surface area contributed by atoms with Crippen LogP contribution >= 0.6 is 0 Å². The summed E-state index contributed by atoms with van der Waals surface area (Å²) in [6.45, 7) is 1.94. The summed E-state index contributed by atoms with van der Waals surface area (Å²) in [5.41, 5.74) is 1.42. The number of rotatable bonds is 7. The van der Waals surface area contributed by atoms with Crippen LogP contribution in [0.25, 0.3) is 0 Å². The zero-order valence-corrected chi connectivity index (χ0v) is 27.8. The van der Waals surface area contributed by atoms with Crippen LogP contribution in [0.4, 0.5) is 0 Å². The highest BCUT2D eigenvalue weighted by atomic mass is 16.5. The molecule has 3 atom stereocenters. The van der Waals surface area contributed by atoms with Crippen LogP contribution in [-0.2, 0) is 43.2 Å². The van der Waals surface area contributed by atoms with E-state index in [4.69, 9.17) is 9.47 Å². The van der Waals surface area contributed by atoms with Crippen LogP contribution in [0.1, 0.15) is 42.9 Å². The number of carbonyl (C=O) groups is 5. The summed E-state index contributed by atoms with van der Waals surface area (Å²) in [5, 5.41) is 14.0. The van der Waals surface area contributed by atoms with E-state index in [-0.39, 0.29) is 44.2 Å². The molecule has 258 valence electrons. The molecule has 12 nitrogen and oxygen atoms in total. The minimum Gasteiger partial charge on any atom is -0.497 e. The van der Waals surface area contributed by atoms with Crippen molar-refractivity contribution in [1.29, 1.82) is 0 Å². The minimum atomic E-state index is -1.06. The smallest absolute Gasteiger partial charge is 0.245 e. The molecule has 0 aromatic heterocycles. The molecule has 0 unspecified atom stereocenters. The van der Waals surface area contributed by atoms with Gasteiger partial charge in [-0.15, -0.1) is 0 Å². The number of fused-ring (bicyclic) bond motifs is 15. The van der Waals surface area contributed by atoms with Crippen molar-refractivity contribution in [2.75, 3.05) is 20.3 Å². The van der Waals surface area contributed by atoms with Crippen LogP contribution in [0.5, 0.6) is 11.5 Å². The van der Waals surface area contributed by atoms with Crippen molar-refractivity contribution >= 4 is 29.5 Å². The molecule has 12 heteroatoms. The average Bonchev–Trinajstić information content (AvgIpc) is 3.89. The average molecular weight is 670 g/mol. The maximum Gasteiger partial charge on any atom is 0.245 e. The lowest BCUT2D eigenvalue weighted by atomic mass is 10.0. The predicted molar refractivity (Wildman–Crippen MR) is 182 cm³/mol. The van der Waals surface area contributed by atoms with Crippen molar-refractivity contribution in [3.8, 4) is 11.5 Å². The third kappa shape index (κ3) is 9.82. The van der Waals surface area contributed by atoms with Gasteiger partial charge in [-0.05, 0) is 67.1 Å². The second kappa shape index (κ2) is 16.1. The first-order chi connectivity index (χ1) is 23.6. The minimum absolute atomic E-state index is 0.133. The van der Waals surface area contributed by atoms with E-state index in [0.29, 0.717) is 30.8 Å². The van der Waals surface area contributed by atoms with Gasteiger partial charge in [0.15, 0.2) is 0 Å². The number of nitrogens with one attached hydrogen (secondary N) is 5. The zero-order valence-electron chi connectivity index (χ0n) is 27.8. The Morgan fingerprint density at radius 1 is 0.898 bits per heavy atom. The topological polar surface area (TPSA) is 164 Å². The van der Waals surface area contributed by atoms with Gasteiger partial charge in [-0.1, -0.05) is 54.6 Å². The Hall–Kier alpha value is -5.39. The highest BCUT2D eigenvalue weighted by Gasteiger charge is 2.51. The lowest BCUT2D eigenvalue weighted by molar-refractivity contribution is -0.134. The Labute approximate surface area is 285 Å². The predicted octanol–water partition coefficient (Wildman–Crippen LogP) is 1.74. The van der Waals surface area contributed by atoms with Crippen LogP contribution in [-0.4, -0.2) is 73.5 Å². The molecule has 2 aliphatic heterocycles. The fourth-order valence-electron chi connectivity index (χ4n) is 5.61. The molecule has 3 aromatic rings. The van der Waals surface area contributed by atoms with Gasteiger partial charge in [-0.2, -0.15) is 0 Å². The molecule has 3 aliphatic rings. The highest BCUT2D eigenvalue weighted by molar-refractivity contribution is 5.98. The molecule has 1 spiro atoms. The Balaban J connectivity index is 1.34. The van der Waals surface area contributed by atoms with Gasteiger partial charge in [0, 0.05) is 19.3 Å². The summed E-state index contributed by atoms with van der Waals surface area (Å²) in [6.07, 6.45) is 1.84. The summed E-state index contributed by atoms with van der Waals surface area (Å²) < 4.78 is 11.1. The number of benzene rings is 3. The van der Waals surface area contributed by atoms with Crippen molar-refractivity contribution in [3.05, 3.63) is 95.6 Å². The van der Waals surface area contributed by atoms with Crippen LogP contribution in [0.3, 0.4) is 0 Å². The summed E-state index contributed by atoms with van der Waals surface area (Å²) in [5.74, 6) is -1.02. The second-order valence-corrected chi connectivity index (χ2v) is 12.5. The van der Waals surface area contributed by atoms with Crippen molar-refractivity contribution in [3.63, 3.8) is 0 Å². The van der Waals surface area contributed by atoms with E-state index in [0.717, 1.165) is 16.7 Å². The van der Waals surface area contributed by atoms with Crippen LogP contribution in [0, 0.1) is 0 Å². The van der Waals surface area contributed by atoms with E-state index < -0.39 is 41.4 Å². The lowest BCUT2D eigenvalue weighted by Crippen LogP contribution is -2.59. The molecular formula is C37H43N5O7. The first kappa shape index (κ1) is 34.9. The van der Waals surface area contributed by atoms with Gasteiger partial charge < -0.3 is 36.1 Å². The molecule has 3 aromatic carbocycles. The molecule has 49 heavy (non-hydrogen) atoms. The molecule has 5 amide bonds. The van der Waals surface area contributed by atoms with Gasteiger partial charge in [-0.25, -0.2) is 0 Å². The fourth-order valence-corrected chi connectivity index (χ4v) is 5.61. The molecule has 1 saturated carbocycles. The number of hydrogen-bond donors (Lipinski definition) is 5. The Morgan fingerprint density at radius 3 is 2.35 bits per heavy atom. The maximum absolute atomic E-state index is 13.6. The monoisotopic (exact) mass is 669 g/mol. The van der Waals surface area contributed by atoms with E-state index in [2.05, 4.69) is 26.6 Å². The first-order valence-electron chi connectivity index (χ1n) is 16.5. The molecule has 1 aliphatic carbocycles. The second-order valence-electron chi connectivity index (χ2n) is 12.5. The number of methoxy groups -OCH3 is 1. The van der Waals surface area contributed by atoms with Gasteiger partial charge >= 0.3 is 0 Å². The summed E-state index contributed by atoms with van der Waals surface area (Å²) in [4.78, 5) is 66.9. The van der Waals surface area contributed by atoms with E-state index in [1.54, 1.807) is 31.4 Å². The highest BCUT2D eigenvalue weighted by Crippen LogP contribution is 2.35. The van der Waals surface area contributed by atoms with E-state index in [1.165, 1.54) is 6.92 Å². The number of amides is 5. The summed E-state index contributed by atoms with van der Waals surface area (Å²) in [6, 6.07) is 20.7. The molecule has 0 saturated heterocycles. The van der Waals surface area contributed by atoms with Crippen LogP contribution in [0.15, 0.2) is 78.9 Å². The number of aryl methyl sites for hydroxylation is 1. The van der Waals surface area contributed by atoms with Crippen molar-refractivity contribution in [2.45, 2.75) is 69.1 Å². The SMILES string of the molecule is COc1cccc(CCC(=O)N[C@H]2Cc3ccc(cc3)OCCNC(=O)C3(CC3)NC(=O)[C@@H](Cc3ccccc3)NC(=O)[C@H](C)NC2=O)c1. The normalized spacial score (nSPS) is 21.3. The molecule has 5 N–H and O–H groups in total. The molecule has 0 radical (unpaired) electrons.